The summed E-state index contributed by atoms with van der Waals surface area (Å²) in [6.07, 6.45) is 1.85. The van der Waals surface area contributed by atoms with Crippen LogP contribution in [-0.2, 0) is 17.8 Å². The van der Waals surface area contributed by atoms with Gasteiger partial charge in [-0.2, -0.15) is 0 Å². The first kappa shape index (κ1) is 17.7. The molecular weight excluding hydrogens is 374 g/mol. The molecule has 144 valence electrons. The van der Waals surface area contributed by atoms with Crippen LogP contribution in [0.15, 0.2) is 48.7 Å². The highest BCUT2D eigenvalue weighted by Crippen LogP contribution is 2.38. The number of aromatic nitrogens is 3. The van der Waals surface area contributed by atoms with Crippen molar-refractivity contribution in [3.05, 3.63) is 59.2 Å². The Morgan fingerprint density at radius 2 is 1.79 bits per heavy atom. The fourth-order valence-electron chi connectivity index (χ4n) is 3.97. The van der Waals surface area contributed by atoms with Crippen LogP contribution in [0.2, 0.25) is 5.02 Å². The Balaban J connectivity index is 1.55. The number of ether oxygens (including phenoxy) is 1. The lowest BCUT2D eigenvalue weighted by atomic mass is 10.0. The molecule has 0 radical (unpaired) electrons. The maximum absolute atomic E-state index is 6.12. The summed E-state index contributed by atoms with van der Waals surface area (Å²) in [5, 5.41) is 9.14. The molecule has 7 heteroatoms. The summed E-state index contributed by atoms with van der Waals surface area (Å²) in [4.78, 5) is 4.80. The average Bonchev–Trinajstić information content (AvgIpc) is 3.13. The zero-order valence-corrected chi connectivity index (χ0v) is 16.3. The Hall–Kier alpha value is -2.41. The van der Waals surface area contributed by atoms with Gasteiger partial charge < -0.3 is 9.64 Å². The Labute approximate surface area is 169 Å². The van der Waals surface area contributed by atoms with Crippen molar-refractivity contribution in [2.75, 3.05) is 37.7 Å². The number of benzene rings is 2. The average molecular weight is 396 g/mol. The van der Waals surface area contributed by atoms with E-state index in [2.05, 4.69) is 50.4 Å². The Bertz CT molecular complexity index is 965. The van der Waals surface area contributed by atoms with Crippen molar-refractivity contribution >= 4 is 23.0 Å². The van der Waals surface area contributed by atoms with Crippen molar-refractivity contribution in [2.24, 2.45) is 0 Å². The van der Waals surface area contributed by atoms with E-state index in [-0.39, 0.29) is 0 Å². The largest absolute Gasteiger partial charge is 0.379 e. The lowest BCUT2D eigenvalue weighted by Gasteiger charge is -2.28. The molecule has 0 amide bonds. The van der Waals surface area contributed by atoms with Crippen LogP contribution in [0, 0.1) is 0 Å². The van der Waals surface area contributed by atoms with Gasteiger partial charge in [-0.05, 0) is 35.9 Å². The molecule has 0 spiro atoms. The van der Waals surface area contributed by atoms with E-state index in [1.807, 2.05) is 23.0 Å². The molecule has 5 rings (SSSR count). The molecule has 6 nitrogen and oxygen atoms in total. The Morgan fingerprint density at radius 1 is 0.964 bits per heavy atom. The minimum atomic E-state index is 0.747. The molecule has 2 aliphatic heterocycles. The molecular formula is C21H22ClN5O. The van der Waals surface area contributed by atoms with E-state index in [0.29, 0.717) is 0 Å². The van der Waals surface area contributed by atoms with Crippen LogP contribution in [0.1, 0.15) is 5.56 Å². The maximum Gasteiger partial charge on any atom is 0.0907 e. The normalized spacial score (nSPS) is 17.1. The van der Waals surface area contributed by atoms with Crippen LogP contribution in [0.25, 0.3) is 11.3 Å². The van der Waals surface area contributed by atoms with Gasteiger partial charge >= 0.3 is 0 Å². The molecule has 0 aliphatic carbocycles. The Morgan fingerprint density at radius 3 is 2.61 bits per heavy atom. The smallest absolute Gasteiger partial charge is 0.0907 e. The standard InChI is InChI=1S/C21H22ClN5O/c22-17-2-4-18(5-3-17)26-7-8-27-21(14-23-24-27)19-6-1-16(13-20(19)26)15-25-9-11-28-12-10-25/h1-6,13-14H,7-12,15H2. The van der Waals surface area contributed by atoms with Gasteiger partial charge in [0.05, 0.1) is 37.3 Å². The molecule has 0 unspecified atom stereocenters. The van der Waals surface area contributed by atoms with E-state index in [0.717, 1.165) is 67.9 Å². The summed E-state index contributed by atoms with van der Waals surface area (Å²) in [5.74, 6) is 0. The van der Waals surface area contributed by atoms with Gasteiger partial charge in [-0.25, -0.2) is 4.68 Å². The van der Waals surface area contributed by atoms with Crippen molar-refractivity contribution < 1.29 is 4.74 Å². The number of hydrogen-bond acceptors (Lipinski definition) is 5. The fourth-order valence-corrected chi connectivity index (χ4v) is 4.09. The SMILES string of the molecule is Clc1ccc(N2CCn3nncc3-c3ccc(CN4CCOCC4)cc32)cc1. The van der Waals surface area contributed by atoms with Crippen LogP contribution < -0.4 is 4.90 Å². The second kappa shape index (κ2) is 7.54. The van der Waals surface area contributed by atoms with Crippen molar-refractivity contribution in [3.8, 4) is 11.3 Å². The van der Waals surface area contributed by atoms with E-state index in [4.69, 9.17) is 16.3 Å². The molecule has 0 N–H and O–H groups in total. The molecule has 1 fully saturated rings. The molecule has 3 aromatic rings. The van der Waals surface area contributed by atoms with Crippen molar-refractivity contribution in [2.45, 2.75) is 13.1 Å². The van der Waals surface area contributed by atoms with E-state index < -0.39 is 0 Å². The van der Waals surface area contributed by atoms with Gasteiger partial charge in [0, 0.05) is 42.5 Å². The highest BCUT2D eigenvalue weighted by atomic mass is 35.5. The quantitative estimate of drug-likeness (QED) is 0.678. The van der Waals surface area contributed by atoms with Gasteiger partial charge in [-0.1, -0.05) is 28.9 Å². The number of halogens is 1. The van der Waals surface area contributed by atoms with Crippen LogP contribution in [0.4, 0.5) is 11.4 Å². The second-order valence-corrected chi connectivity index (χ2v) is 7.65. The second-order valence-electron chi connectivity index (χ2n) is 7.21. The van der Waals surface area contributed by atoms with Gasteiger partial charge in [-0.15, -0.1) is 5.10 Å². The number of morpholine rings is 1. The van der Waals surface area contributed by atoms with Crippen LogP contribution in [-0.4, -0.2) is 52.7 Å². The Kier molecular flexibility index (Phi) is 4.76. The summed E-state index contributed by atoms with van der Waals surface area (Å²) in [5.41, 5.74) is 5.84. The van der Waals surface area contributed by atoms with Gasteiger partial charge in [-0.3, -0.25) is 4.90 Å². The predicted octanol–water partition coefficient (Wildman–Crippen LogP) is 3.58. The van der Waals surface area contributed by atoms with E-state index in [1.165, 1.54) is 11.3 Å². The number of anilines is 2. The van der Waals surface area contributed by atoms with Gasteiger partial charge in [0.2, 0.25) is 0 Å². The lowest BCUT2D eigenvalue weighted by molar-refractivity contribution is 0.0342. The monoisotopic (exact) mass is 395 g/mol. The van der Waals surface area contributed by atoms with Gasteiger partial charge in [0.15, 0.2) is 0 Å². The zero-order valence-electron chi connectivity index (χ0n) is 15.6. The van der Waals surface area contributed by atoms with E-state index in [1.54, 1.807) is 0 Å². The maximum atomic E-state index is 6.12. The first-order valence-corrected chi connectivity index (χ1v) is 10.0. The lowest BCUT2D eigenvalue weighted by Crippen LogP contribution is -2.35. The van der Waals surface area contributed by atoms with Gasteiger partial charge in [0.1, 0.15) is 0 Å². The highest BCUT2D eigenvalue weighted by Gasteiger charge is 2.23. The molecule has 3 heterocycles. The van der Waals surface area contributed by atoms with Crippen LogP contribution in [0.3, 0.4) is 0 Å². The van der Waals surface area contributed by atoms with Gasteiger partial charge in [0.25, 0.3) is 0 Å². The number of nitrogens with zero attached hydrogens (tertiary/aromatic N) is 5. The molecule has 2 aromatic carbocycles. The third-order valence-corrected chi connectivity index (χ3v) is 5.68. The molecule has 0 atom stereocenters. The first-order valence-electron chi connectivity index (χ1n) is 9.63. The predicted molar refractivity (Wildman–Crippen MR) is 110 cm³/mol. The fraction of sp³-hybridized carbons (Fsp3) is 0.333. The summed E-state index contributed by atoms with van der Waals surface area (Å²) in [6.45, 7) is 6.13. The highest BCUT2D eigenvalue weighted by molar-refractivity contribution is 6.30. The molecule has 0 saturated carbocycles. The summed E-state index contributed by atoms with van der Waals surface area (Å²) in [6, 6.07) is 14.8. The number of rotatable bonds is 3. The van der Waals surface area contributed by atoms with Crippen LogP contribution >= 0.6 is 11.6 Å². The van der Waals surface area contributed by atoms with Crippen molar-refractivity contribution in [3.63, 3.8) is 0 Å². The minimum absolute atomic E-state index is 0.747. The third-order valence-electron chi connectivity index (χ3n) is 5.43. The first-order chi connectivity index (χ1) is 13.8. The number of fused-ring (bicyclic) bond motifs is 3. The summed E-state index contributed by atoms with van der Waals surface area (Å²) < 4.78 is 7.46. The van der Waals surface area contributed by atoms with E-state index >= 15 is 0 Å². The third kappa shape index (κ3) is 3.39. The summed E-state index contributed by atoms with van der Waals surface area (Å²) in [7, 11) is 0. The number of hydrogen-bond donors (Lipinski definition) is 0. The molecule has 28 heavy (non-hydrogen) atoms. The van der Waals surface area contributed by atoms with E-state index in [9.17, 15) is 0 Å². The van der Waals surface area contributed by atoms with Crippen molar-refractivity contribution in [1.82, 2.24) is 19.9 Å². The van der Waals surface area contributed by atoms with Crippen LogP contribution in [0.5, 0.6) is 0 Å². The molecule has 1 saturated heterocycles. The summed E-state index contributed by atoms with van der Waals surface area (Å²) >= 11 is 6.12. The topological polar surface area (TPSA) is 46.4 Å². The zero-order chi connectivity index (χ0) is 18.9. The molecule has 1 aromatic heterocycles. The van der Waals surface area contributed by atoms with Crippen molar-refractivity contribution in [1.29, 1.82) is 0 Å². The molecule has 0 bridgehead atoms. The molecule has 2 aliphatic rings. The minimum Gasteiger partial charge on any atom is -0.379 e.